The lowest BCUT2D eigenvalue weighted by Crippen LogP contribution is -2.15. The molecule has 7 heteroatoms. The van der Waals surface area contributed by atoms with Gasteiger partial charge in [-0.15, -0.1) is 11.8 Å². The average Bonchev–Trinajstić information content (AvgIpc) is 3.11. The fraction of sp³-hybridized carbons (Fsp3) is 0.316. The van der Waals surface area contributed by atoms with Gasteiger partial charge >= 0.3 is 0 Å². The van der Waals surface area contributed by atoms with Crippen LogP contribution in [0.5, 0.6) is 0 Å². The van der Waals surface area contributed by atoms with Crippen molar-refractivity contribution in [2.45, 2.75) is 32.6 Å². The Hall–Kier alpha value is -2.54. The van der Waals surface area contributed by atoms with E-state index in [-0.39, 0.29) is 11.2 Å². The number of anilines is 1. The van der Waals surface area contributed by atoms with Crippen molar-refractivity contribution in [3.05, 3.63) is 59.0 Å². The number of para-hydroxylation sites is 1. The third-order valence-corrected chi connectivity index (χ3v) is 5.85. The maximum absolute atomic E-state index is 12.4. The molecule has 0 saturated carbocycles. The Bertz CT molecular complexity index is 960. The van der Waals surface area contributed by atoms with Crippen LogP contribution in [0.25, 0.3) is 5.69 Å². The van der Waals surface area contributed by atoms with Crippen LogP contribution in [0, 0.1) is 13.8 Å². The summed E-state index contributed by atoms with van der Waals surface area (Å²) in [5.74, 6) is 1.17. The summed E-state index contributed by atoms with van der Waals surface area (Å²) >= 11 is 1.63. The Balaban J connectivity index is 1.89. The van der Waals surface area contributed by atoms with Crippen LogP contribution in [0.3, 0.4) is 0 Å². The first-order valence-corrected chi connectivity index (χ1v) is 9.73. The molecule has 0 bridgehead atoms. The van der Waals surface area contributed by atoms with Gasteiger partial charge in [0.05, 0.1) is 28.1 Å². The van der Waals surface area contributed by atoms with Crippen molar-refractivity contribution >= 4 is 23.5 Å². The molecule has 0 radical (unpaired) electrons. The van der Waals surface area contributed by atoms with Crippen molar-refractivity contribution in [1.82, 2.24) is 19.6 Å². The number of aromatic nitrogens is 4. The lowest BCUT2D eigenvalue weighted by atomic mass is 10.1. The van der Waals surface area contributed by atoms with E-state index in [1.54, 1.807) is 11.8 Å². The second-order valence-electron chi connectivity index (χ2n) is 6.36. The van der Waals surface area contributed by atoms with E-state index in [2.05, 4.69) is 23.5 Å². The molecule has 4 rings (SSSR count). The van der Waals surface area contributed by atoms with Gasteiger partial charge in [-0.05, 0) is 32.9 Å². The quantitative estimate of drug-likeness (QED) is 0.770. The van der Waals surface area contributed by atoms with Crippen LogP contribution in [0.4, 0.5) is 5.82 Å². The molecule has 1 atom stereocenters. The maximum atomic E-state index is 12.4. The highest BCUT2D eigenvalue weighted by atomic mass is 32.2. The topological polar surface area (TPSA) is 64.7 Å². The monoisotopic (exact) mass is 367 g/mol. The van der Waals surface area contributed by atoms with Gasteiger partial charge in [-0.2, -0.15) is 10.2 Å². The Morgan fingerprint density at radius 1 is 1.19 bits per heavy atom. The van der Waals surface area contributed by atoms with Crippen LogP contribution in [0.2, 0.25) is 0 Å². The lowest BCUT2D eigenvalue weighted by molar-refractivity contribution is -0.113. The number of carbonyl (C=O) groups excluding carboxylic acids is 1. The van der Waals surface area contributed by atoms with Gasteiger partial charge in [0.25, 0.3) is 0 Å². The number of amides is 1. The van der Waals surface area contributed by atoms with Gasteiger partial charge < -0.3 is 5.32 Å². The minimum absolute atomic E-state index is 0.00336. The minimum Gasteiger partial charge on any atom is -0.310 e. The van der Waals surface area contributed by atoms with E-state index in [1.807, 2.05) is 53.5 Å². The maximum Gasteiger partial charge on any atom is 0.235 e. The Morgan fingerprint density at radius 2 is 1.96 bits per heavy atom. The average molecular weight is 367 g/mol. The number of nitrogens with one attached hydrogen (secondary N) is 1. The Labute approximate surface area is 156 Å². The number of hydrogen-bond donors (Lipinski definition) is 1. The van der Waals surface area contributed by atoms with Gasteiger partial charge in [0.1, 0.15) is 5.82 Å². The molecule has 1 aliphatic heterocycles. The van der Waals surface area contributed by atoms with E-state index in [0.717, 1.165) is 40.6 Å². The number of thioether (sulfide) groups is 1. The molecule has 1 N–H and O–H groups in total. The number of hydrogen-bond acceptors (Lipinski definition) is 4. The second kappa shape index (κ2) is 6.64. The van der Waals surface area contributed by atoms with Crippen molar-refractivity contribution in [2.75, 3.05) is 11.1 Å². The predicted molar refractivity (Wildman–Crippen MR) is 104 cm³/mol. The van der Waals surface area contributed by atoms with Gasteiger partial charge in [0.2, 0.25) is 5.91 Å². The molecule has 0 saturated heterocycles. The van der Waals surface area contributed by atoms with Crippen molar-refractivity contribution in [1.29, 1.82) is 0 Å². The molecule has 3 heterocycles. The van der Waals surface area contributed by atoms with Gasteiger partial charge in [-0.25, -0.2) is 4.68 Å². The summed E-state index contributed by atoms with van der Waals surface area (Å²) in [5.41, 5.74) is 5.06. The van der Waals surface area contributed by atoms with E-state index in [9.17, 15) is 4.79 Å². The van der Waals surface area contributed by atoms with Gasteiger partial charge in [0, 0.05) is 23.9 Å². The largest absolute Gasteiger partial charge is 0.310 e. The molecular weight excluding hydrogens is 346 g/mol. The van der Waals surface area contributed by atoms with Crippen LogP contribution in [0.15, 0.2) is 36.5 Å². The van der Waals surface area contributed by atoms with Crippen LogP contribution in [0.1, 0.15) is 34.7 Å². The van der Waals surface area contributed by atoms with Crippen LogP contribution in [-0.2, 0) is 11.3 Å². The second-order valence-corrected chi connectivity index (χ2v) is 7.45. The fourth-order valence-corrected chi connectivity index (χ4v) is 4.59. The molecule has 3 aromatic rings. The smallest absolute Gasteiger partial charge is 0.235 e. The zero-order chi connectivity index (χ0) is 18.3. The van der Waals surface area contributed by atoms with E-state index in [1.165, 1.54) is 0 Å². The van der Waals surface area contributed by atoms with Crippen LogP contribution < -0.4 is 5.32 Å². The molecule has 6 nitrogen and oxygen atoms in total. The predicted octanol–water partition coefficient (Wildman–Crippen LogP) is 3.48. The normalized spacial score (nSPS) is 16.9. The van der Waals surface area contributed by atoms with E-state index in [0.29, 0.717) is 5.75 Å². The van der Waals surface area contributed by atoms with Crippen molar-refractivity contribution in [2.24, 2.45) is 0 Å². The standard InChI is InChI=1S/C19H21N5OS/c1-4-23-10-15(12(2)21-23)18-17-13(3)22-24(14-8-6-5-7-9-14)19(17)20-16(25)11-26-18/h5-10,18H,4,11H2,1-3H3,(H,20,25)/t18-/m0/s1. The molecule has 1 amide bonds. The van der Waals surface area contributed by atoms with Gasteiger partial charge in [-0.3, -0.25) is 9.48 Å². The minimum atomic E-state index is -0.00336. The zero-order valence-electron chi connectivity index (χ0n) is 15.1. The van der Waals surface area contributed by atoms with Crippen molar-refractivity contribution in [3.8, 4) is 5.69 Å². The van der Waals surface area contributed by atoms with Gasteiger partial charge in [-0.1, -0.05) is 18.2 Å². The van der Waals surface area contributed by atoms with Crippen molar-refractivity contribution < 1.29 is 4.79 Å². The number of nitrogens with zero attached hydrogens (tertiary/aromatic N) is 4. The molecule has 0 unspecified atom stereocenters. The number of benzene rings is 1. The first-order chi connectivity index (χ1) is 12.6. The highest BCUT2D eigenvalue weighted by molar-refractivity contribution is 8.00. The number of fused-ring (bicyclic) bond motifs is 1. The van der Waals surface area contributed by atoms with Gasteiger partial charge in [0.15, 0.2) is 0 Å². The summed E-state index contributed by atoms with van der Waals surface area (Å²) in [6.45, 7) is 6.93. The molecular formula is C19H21N5OS. The summed E-state index contributed by atoms with van der Waals surface area (Å²) < 4.78 is 3.78. The highest BCUT2D eigenvalue weighted by Crippen LogP contribution is 2.44. The molecule has 26 heavy (non-hydrogen) atoms. The molecule has 0 spiro atoms. The molecule has 0 fully saturated rings. The summed E-state index contributed by atoms with van der Waals surface area (Å²) in [6.07, 6.45) is 2.09. The third-order valence-electron chi connectivity index (χ3n) is 4.60. The van der Waals surface area contributed by atoms with E-state index < -0.39 is 0 Å². The fourth-order valence-electron chi connectivity index (χ4n) is 3.34. The molecule has 1 aromatic carbocycles. The Kier molecular flexibility index (Phi) is 4.32. The summed E-state index contributed by atoms with van der Waals surface area (Å²) in [7, 11) is 0. The highest BCUT2D eigenvalue weighted by Gasteiger charge is 2.32. The number of rotatable bonds is 3. The summed E-state index contributed by atoms with van der Waals surface area (Å²) in [5, 5.41) is 12.4. The molecule has 0 aliphatic carbocycles. The molecule has 1 aliphatic rings. The SMILES string of the molecule is CCn1cc([C@@H]2SCC(=O)Nc3c2c(C)nn3-c2ccccc2)c(C)n1. The summed E-state index contributed by atoms with van der Waals surface area (Å²) in [4.78, 5) is 12.4. The Morgan fingerprint density at radius 3 is 2.65 bits per heavy atom. The van der Waals surface area contributed by atoms with E-state index >= 15 is 0 Å². The van der Waals surface area contributed by atoms with E-state index in [4.69, 9.17) is 5.10 Å². The van der Waals surface area contributed by atoms with Crippen LogP contribution in [-0.4, -0.2) is 31.2 Å². The van der Waals surface area contributed by atoms with Crippen molar-refractivity contribution in [3.63, 3.8) is 0 Å². The molecule has 2 aromatic heterocycles. The number of carbonyl (C=O) groups is 1. The van der Waals surface area contributed by atoms with Crippen LogP contribution >= 0.6 is 11.8 Å². The first kappa shape index (κ1) is 16.9. The number of aryl methyl sites for hydroxylation is 3. The third kappa shape index (κ3) is 2.82. The lowest BCUT2D eigenvalue weighted by Gasteiger charge is -2.14. The first-order valence-electron chi connectivity index (χ1n) is 8.68. The molecule has 134 valence electrons. The summed E-state index contributed by atoms with van der Waals surface area (Å²) in [6, 6.07) is 9.90. The zero-order valence-corrected chi connectivity index (χ0v) is 15.9.